The molecule has 0 amide bonds. The molecule has 0 saturated carbocycles. The van der Waals surface area contributed by atoms with E-state index in [1.165, 1.54) is 18.2 Å². The van der Waals surface area contributed by atoms with Crippen LogP contribution in [0.25, 0.3) is 0 Å². The van der Waals surface area contributed by atoms with Crippen molar-refractivity contribution >= 4 is 29.6 Å². The highest BCUT2D eigenvalue weighted by Crippen LogP contribution is 2.35. The van der Waals surface area contributed by atoms with Gasteiger partial charge in [0.15, 0.2) is 0 Å². The van der Waals surface area contributed by atoms with Crippen LogP contribution in [0, 0.1) is 5.82 Å². The Balaban J connectivity index is 2.34. The van der Waals surface area contributed by atoms with Crippen LogP contribution in [0.4, 0.5) is 10.1 Å². The molecule has 7 heteroatoms. The smallest absolute Gasteiger partial charge is 0.334 e. The summed E-state index contributed by atoms with van der Waals surface area (Å²) in [5.74, 6) is -2.63. The quantitative estimate of drug-likeness (QED) is 0.554. The Morgan fingerprint density at radius 1 is 1.00 bits per heavy atom. The van der Waals surface area contributed by atoms with E-state index in [1.807, 2.05) is 12.1 Å². The summed E-state index contributed by atoms with van der Waals surface area (Å²) < 4.78 is 25.4. The van der Waals surface area contributed by atoms with Crippen molar-refractivity contribution in [3.63, 3.8) is 0 Å². The SMILES string of the molecule is CCOC(=O)C(C(=O)OCC)(C1=Nc2ccccc2C=NC1)c1ccccc1F. The summed E-state index contributed by atoms with van der Waals surface area (Å²) in [6.45, 7) is 3.12. The Labute approximate surface area is 168 Å². The van der Waals surface area contributed by atoms with Gasteiger partial charge in [-0.15, -0.1) is 0 Å². The number of ether oxygens (including phenoxy) is 2. The Hall–Kier alpha value is -3.35. The van der Waals surface area contributed by atoms with Crippen LogP contribution in [0.15, 0.2) is 58.5 Å². The predicted molar refractivity (Wildman–Crippen MR) is 107 cm³/mol. The monoisotopic (exact) mass is 396 g/mol. The van der Waals surface area contributed by atoms with Gasteiger partial charge in [-0.1, -0.05) is 36.4 Å². The van der Waals surface area contributed by atoms with Crippen molar-refractivity contribution in [2.24, 2.45) is 9.98 Å². The third-order valence-electron chi connectivity index (χ3n) is 4.54. The van der Waals surface area contributed by atoms with Crippen molar-refractivity contribution in [2.45, 2.75) is 19.3 Å². The Morgan fingerprint density at radius 3 is 2.28 bits per heavy atom. The molecule has 1 aliphatic rings. The van der Waals surface area contributed by atoms with Gasteiger partial charge in [-0.05, 0) is 26.0 Å². The molecule has 0 bridgehead atoms. The molecule has 0 fully saturated rings. The highest BCUT2D eigenvalue weighted by molar-refractivity contribution is 6.29. The minimum atomic E-state index is -2.20. The molecular formula is C22H21FN2O4. The van der Waals surface area contributed by atoms with Crippen molar-refractivity contribution < 1.29 is 23.5 Å². The predicted octanol–water partition coefficient (Wildman–Crippen LogP) is 3.39. The second kappa shape index (κ2) is 8.77. The maximum atomic E-state index is 14.9. The summed E-state index contributed by atoms with van der Waals surface area (Å²) in [4.78, 5) is 35.3. The minimum Gasteiger partial charge on any atom is -0.465 e. The normalized spacial score (nSPS) is 13.1. The molecule has 0 unspecified atom stereocenters. The summed E-state index contributed by atoms with van der Waals surface area (Å²) in [7, 11) is 0. The minimum absolute atomic E-state index is 0.00156. The molecule has 29 heavy (non-hydrogen) atoms. The number of esters is 2. The van der Waals surface area contributed by atoms with E-state index < -0.39 is 23.2 Å². The van der Waals surface area contributed by atoms with E-state index in [9.17, 15) is 14.0 Å². The number of benzene rings is 2. The van der Waals surface area contributed by atoms with Gasteiger partial charge in [0.1, 0.15) is 5.82 Å². The molecule has 0 N–H and O–H groups in total. The van der Waals surface area contributed by atoms with E-state index in [0.29, 0.717) is 5.69 Å². The van der Waals surface area contributed by atoms with Gasteiger partial charge in [0.2, 0.25) is 5.41 Å². The third-order valence-corrected chi connectivity index (χ3v) is 4.54. The van der Waals surface area contributed by atoms with Gasteiger partial charge in [0.05, 0.1) is 31.2 Å². The van der Waals surface area contributed by atoms with Crippen LogP contribution < -0.4 is 0 Å². The van der Waals surface area contributed by atoms with Crippen LogP contribution in [0.1, 0.15) is 25.0 Å². The molecule has 0 radical (unpaired) electrons. The number of fused-ring (bicyclic) bond motifs is 1. The molecule has 6 nitrogen and oxygen atoms in total. The summed E-state index contributed by atoms with van der Waals surface area (Å²) in [5, 5.41) is 0. The summed E-state index contributed by atoms with van der Waals surface area (Å²) in [6, 6.07) is 12.7. The van der Waals surface area contributed by atoms with E-state index >= 15 is 0 Å². The zero-order valence-corrected chi connectivity index (χ0v) is 16.2. The molecule has 2 aromatic carbocycles. The average molecular weight is 396 g/mol. The standard InChI is InChI=1S/C22H21FN2O4/c1-3-28-20(26)22(21(27)29-4-2,16-10-6-7-11-17(16)23)19-14-24-13-15-9-5-8-12-18(15)25-19/h5-13H,3-4,14H2,1-2H3. The van der Waals surface area contributed by atoms with Crippen molar-refractivity contribution in [2.75, 3.05) is 19.8 Å². The van der Waals surface area contributed by atoms with Crippen molar-refractivity contribution in [1.82, 2.24) is 0 Å². The molecule has 3 rings (SSSR count). The topological polar surface area (TPSA) is 77.3 Å². The lowest BCUT2D eigenvalue weighted by atomic mass is 9.75. The van der Waals surface area contributed by atoms with Crippen LogP contribution in [0.3, 0.4) is 0 Å². The van der Waals surface area contributed by atoms with Crippen LogP contribution in [-0.4, -0.2) is 43.6 Å². The van der Waals surface area contributed by atoms with E-state index in [2.05, 4.69) is 9.98 Å². The third kappa shape index (κ3) is 3.68. The van der Waals surface area contributed by atoms with E-state index in [0.717, 1.165) is 5.56 Å². The fraction of sp³-hybridized carbons (Fsp3) is 0.273. The maximum Gasteiger partial charge on any atom is 0.334 e. The summed E-state index contributed by atoms with van der Waals surface area (Å²) in [6.07, 6.45) is 1.61. The molecule has 150 valence electrons. The molecule has 0 saturated heterocycles. The zero-order chi connectivity index (χ0) is 20.9. The van der Waals surface area contributed by atoms with Crippen LogP contribution in [0.2, 0.25) is 0 Å². The molecule has 2 aromatic rings. The van der Waals surface area contributed by atoms with Gasteiger partial charge >= 0.3 is 11.9 Å². The van der Waals surface area contributed by atoms with Crippen LogP contribution in [0.5, 0.6) is 0 Å². The van der Waals surface area contributed by atoms with Gasteiger partial charge in [-0.2, -0.15) is 0 Å². The number of hydrogen-bond acceptors (Lipinski definition) is 6. The lowest BCUT2D eigenvalue weighted by molar-refractivity contribution is -0.160. The van der Waals surface area contributed by atoms with E-state index in [4.69, 9.17) is 9.47 Å². The van der Waals surface area contributed by atoms with Gasteiger partial charge in [-0.3, -0.25) is 19.6 Å². The van der Waals surface area contributed by atoms with Gasteiger partial charge in [0, 0.05) is 17.3 Å². The van der Waals surface area contributed by atoms with Crippen LogP contribution >= 0.6 is 0 Å². The molecule has 1 aliphatic heterocycles. The number of carbonyl (C=O) groups excluding carboxylic acids is 2. The highest BCUT2D eigenvalue weighted by Gasteiger charge is 2.56. The first-order chi connectivity index (χ1) is 14.1. The second-order valence-corrected chi connectivity index (χ2v) is 6.26. The number of para-hydroxylation sites is 1. The zero-order valence-electron chi connectivity index (χ0n) is 16.2. The summed E-state index contributed by atoms with van der Waals surface area (Å²) >= 11 is 0. The van der Waals surface area contributed by atoms with Crippen molar-refractivity contribution in [1.29, 1.82) is 0 Å². The first-order valence-electron chi connectivity index (χ1n) is 9.32. The molecule has 0 atom stereocenters. The van der Waals surface area contributed by atoms with E-state index in [1.54, 1.807) is 38.3 Å². The molecule has 0 spiro atoms. The Morgan fingerprint density at radius 2 is 1.62 bits per heavy atom. The Kier molecular flexibility index (Phi) is 6.16. The number of carbonyl (C=O) groups is 2. The van der Waals surface area contributed by atoms with Gasteiger partial charge in [-0.25, -0.2) is 4.39 Å². The number of hydrogen-bond donors (Lipinski definition) is 0. The fourth-order valence-corrected chi connectivity index (χ4v) is 3.25. The molecular weight excluding hydrogens is 375 g/mol. The first kappa shape index (κ1) is 20.4. The molecule has 1 heterocycles. The van der Waals surface area contributed by atoms with Gasteiger partial charge in [0.25, 0.3) is 0 Å². The maximum absolute atomic E-state index is 14.9. The number of rotatable bonds is 6. The van der Waals surface area contributed by atoms with Crippen LogP contribution in [-0.2, 0) is 24.5 Å². The number of halogens is 1. The average Bonchev–Trinajstić information content (AvgIpc) is 2.93. The summed E-state index contributed by atoms with van der Waals surface area (Å²) in [5.41, 5.74) is -1.10. The lowest BCUT2D eigenvalue weighted by Crippen LogP contribution is -2.54. The van der Waals surface area contributed by atoms with Crippen molar-refractivity contribution in [3.05, 3.63) is 65.5 Å². The molecule has 0 aromatic heterocycles. The number of nitrogens with zero attached hydrogens (tertiary/aromatic N) is 2. The van der Waals surface area contributed by atoms with Crippen molar-refractivity contribution in [3.8, 4) is 0 Å². The van der Waals surface area contributed by atoms with Gasteiger partial charge < -0.3 is 9.47 Å². The van der Waals surface area contributed by atoms with E-state index in [-0.39, 0.29) is 31.0 Å². The highest BCUT2D eigenvalue weighted by atomic mass is 19.1. The number of aliphatic imine (C=N–C) groups is 2. The Bertz CT molecular complexity index is 966. The second-order valence-electron chi connectivity index (χ2n) is 6.26. The largest absolute Gasteiger partial charge is 0.465 e. The first-order valence-corrected chi connectivity index (χ1v) is 9.32. The fourth-order valence-electron chi connectivity index (χ4n) is 3.25. The lowest BCUT2D eigenvalue weighted by Gasteiger charge is -2.30. The molecule has 0 aliphatic carbocycles.